The zero-order valence-electron chi connectivity index (χ0n) is 19.5. The van der Waals surface area contributed by atoms with Crippen molar-refractivity contribution in [2.45, 2.75) is 37.8 Å². The molecule has 35 heavy (non-hydrogen) atoms. The maximum absolute atomic E-state index is 13.6. The Balaban J connectivity index is 0.00000289. The lowest BCUT2D eigenvalue weighted by Crippen LogP contribution is -2.36. The second-order valence-electron chi connectivity index (χ2n) is 8.88. The number of benzene rings is 3. The molecular weight excluding hydrogens is 462 g/mol. The van der Waals surface area contributed by atoms with Crippen molar-refractivity contribution >= 4 is 23.4 Å². The van der Waals surface area contributed by atoms with Crippen molar-refractivity contribution < 1.29 is 14.3 Å². The van der Waals surface area contributed by atoms with Gasteiger partial charge in [-0.05, 0) is 30.5 Å². The Hall–Kier alpha value is -3.12. The first-order valence-corrected chi connectivity index (χ1v) is 11.9. The first-order valence-electron chi connectivity index (χ1n) is 11.9. The van der Waals surface area contributed by atoms with Gasteiger partial charge in [-0.3, -0.25) is 4.79 Å². The van der Waals surface area contributed by atoms with E-state index in [0.29, 0.717) is 40.6 Å². The van der Waals surface area contributed by atoms with Crippen molar-refractivity contribution in [3.63, 3.8) is 0 Å². The number of nitrogens with one attached hydrogen (secondary N) is 1. The summed E-state index contributed by atoms with van der Waals surface area (Å²) < 4.78 is 12.2. The largest absolute Gasteiger partial charge is 0.491 e. The molecule has 182 valence electrons. The number of halogens is 1. The summed E-state index contributed by atoms with van der Waals surface area (Å²) in [4.78, 5) is 13.6. The molecule has 0 amide bonds. The molecule has 0 saturated heterocycles. The molecule has 2 N–H and O–H groups in total. The van der Waals surface area contributed by atoms with E-state index in [4.69, 9.17) is 9.15 Å². The Bertz CT molecular complexity index is 1300. The summed E-state index contributed by atoms with van der Waals surface area (Å²) in [5.74, 6) is 1.09. The lowest BCUT2D eigenvalue weighted by molar-refractivity contribution is 0.104. The van der Waals surface area contributed by atoms with E-state index in [-0.39, 0.29) is 24.4 Å². The Morgan fingerprint density at radius 2 is 1.60 bits per heavy atom. The van der Waals surface area contributed by atoms with E-state index in [1.807, 2.05) is 60.7 Å². The van der Waals surface area contributed by atoms with Gasteiger partial charge in [0, 0.05) is 24.2 Å². The fourth-order valence-corrected chi connectivity index (χ4v) is 4.61. The molecule has 1 unspecified atom stereocenters. The van der Waals surface area contributed by atoms with Crippen LogP contribution in [0.3, 0.4) is 0 Å². The van der Waals surface area contributed by atoms with Crippen LogP contribution >= 0.6 is 12.4 Å². The van der Waals surface area contributed by atoms with E-state index in [0.717, 1.165) is 11.1 Å². The van der Waals surface area contributed by atoms with Crippen LogP contribution in [0.15, 0.2) is 88.1 Å². The normalized spacial score (nSPS) is 14.5. The highest BCUT2D eigenvalue weighted by molar-refractivity contribution is 5.89. The van der Waals surface area contributed by atoms with Crippen LogP contribution < -0.4 is 15.5 Å². The summed E-state index contributed by atoms with van der Waals surface area (Å²) in [5.41, 5.74) is 2.56. The van der Waals surface area contributed by atoms with E-state index >= 15 is 0 Å². The number of hydrogen-bond acceptors (Lipinski definition) is 5. The number of ether oxygens (including phenoxy) is 1. The molecule has 1 aliphatic carbocycles. The molecular formula is C29H30ClNO4. The predicted molar refractivity (Wildman–Crippen MR) is 142 cm³/mol. The molecule has 1 saturated carbocycles. The van der Waals surface area contributed by atoms with Crippen LogP contribution in [-0.4, -0.2) is 30.4 Å². The minimum atomic E-state index is -0.608. The molecule has 1 aromatic heterocycles. The van der Waals surface area contributed by atoms with Gasteiger partial charge in [0.25, 0.3) is 0 Å². The van der Waals surface area contributed by atoms with Crippen LogP contribution in [0.4, 0.5) is 0 Å². The second-order valence-corrected chi connectivity index (χ2v) is 8.88. The minimum Gasteiger partial charge on any atom is -0.491 e. The van der Waals surface area contributed by atoms with Crippen LogP contribution in [0.25, 0.3) is 33.4 Å². The number of rotatable bonds is 8. The van der Waals surface area contributed by atoms with E-state index in [2.05, 4.69) is 5.32 Å². The zero-order valence-corrected chi connectivity index (χ0v) is 20.3. The molecule has 1 aliphatic rings. The SMILES string of the molecule is Cl.O=c1c(-c2ccccc2)c(-c2ccccc2)oc2cc(OCC(O)CNC3CCCC3)ccc12. The fourth-order valence-electron chi connectivity index (χ4n) is 4.61. The Morgan fingerprint density at radius 3 is 2.29 bits per heavy atom. The average Bonchev–Trinajstić information content (AvgIpc) is 3.41. The van der Waals surface area contributed by atoms with Crippen LogP contribution in [0, 0.1) is 0 Å². The maximum atomic E-state index is 13.6. The Labute approximate surface area is 211 Å². The monoisotopic (exact) mass is 491 g/mol. The molecule has 0 aliphatic heterocycles. The van der Waals surface area contributed by atoms with Crippen molar-refractivity contribution in [2.75, 3.05) is 13.2 Å². The summed E-state index contributed by atoms with van der Waals surface area (Å²) in [6.07, 6.45) is 4.24. The molecule has 1 heterocycles. The van der Waals surface area contributed by atoms with Crippen molar-refractivity contribution in [1.29, 1.82) is 0 Å². The Morgan fingerprint density at radius 1 is 0.943 bits per heavy atom. The molecule has 0 bridgehead atoms. The maximum Gasteiger partial charge on any atom is 0.201 e. The van der Waals surface area contributed by atoms with Gasteiger partial charge in [0.05, 0.1) is 10.9 Å². The highest BCUT2D eigenvalue weighted by Crippen LogP contribution is 2.33. The number of aliphatic hydroxyl groups excluding tert-OH is 1. The standard InChI is InChI=1S/C29H29NO4.ClH/c31-23(18-30-22-13-7-8-14-22)19-33-24-15-16-25-26(17-24)34-29(21-11-5-2-6-12-21)27(28(25)32)20-9-3-1-4-10-20;/h1-6,9-12,15-17,22-23,30-31H,7-8,13-14,18-19H2;1H. The van der Waals surface area contributed by atoms with Crippen LogP contribution in [0.2, 0.25) is 0 Å². The van der Waals surface area contributed by atoms with Crippen LogP contribution in [0.5, 0.6) is 5.75 Å². The van der Waals surface area contributed by atoms with Gasteiger partial charge in [-0.1, -0.05) is 73.5 Å². The highest BCUT2D eigenvalue weighted by Gasteiger charge is 2.19. The zero-order chi connectivity index (χ0) is 23.3. The summed E-state index contributed by atoms with van der Waals surface area (Å²) in [6, 6.07) is 25.0. The molecule has 6 heteroatoms. The topological polar surface area (TPSA) is 71.7 Å². The van der Waals surface area contributed by atoms with Gasteiger partial charge in [-0.15, -0.1) is 12.4 Å². The highest BCUT2D eigenvalue weighted by atomic mass is 35.5. The molecule has 0 radical (unpaired) electrons. The van der Waals surface area contributed by atoms with Crippen molar-refractivity contribution in [1.82, 2.24) is 5.32 Å². The molecule has 5 rings (SSSR count). The quantitative estimate of drug-likeness (QED) is 0.325. The summed E-state index contributed by atoms with van der Waals surface area (Å²) >= 11 is 0. The van der Waals surface area contributed by atoms with E-state index in [9.17, 15) is 9.90 Å². The molecule has 1 atom stereocenters. The van der Waals surface area contributed by atoms with Gasteiger partial charge in [-0.25, -0.2) is 0 Å². The van der Waals surface area contributed by atoms with Gasteiger partial charge in [0.1, 0.15) is 29.8 Å². The molecule has 5 nitrogen and oxygen atoms in total. The predicted octanol–water partition coefficient (Wildman–Crippen LogP) is 5.82. The fraction of sp³-hybridized carbons (Fsp3) is 0.276. The third-order valence-corrected chi connectivity index (χ3v) is 6.40. The van der Waals surface area contributed by atoms with E-state index in [1.54, 1.807) is 18.2 Å². The number of hydrogen-bond donors (Lipinski definition) is 2. The molecule has 0 spiro atoms. The number of fused-ring (bicyclic) bond motifs is 1. The average molecular weight is 492 g/mol. The van der Waals surface area contributed by atoms with Crippen molar-refractivity contribution in [3.05, 3.63) is 89.1 Å². The summed E-state index contributed by atoms with van der Waals surface area (Å²) in [5, 5.41) is 14.2. The van der Waals surface area contributed by atoms with Gasteiger partial charge < -0.3 is 19.6 Å². The molecule has 1 fully saturated rings. The smallest absolute Gasteiger partial charge is 0.201 e. The molecule has 3 aromatic carbocycles. The third kappa shape index (κ3) is 5.76. The van der Waals surface area contributed by atoms with Crippen molar-refractivity contribution in [3.8, 4) is 28.2 Å². The first-order chi connectivity index (χ1) is 16.7. The van der Waals surface area contributed by atoms with Gasteiger partial charge in [-0.2, -0.15) is 0 Å². The van der Waals surface area contributed by atoms with Gasteiger partial charge in [0.15, 0.2) is 0 Å². The third-order valence-electron chi connectivity index (χ3n) is 6.40. The summed E-state index contributed by atoms with van der Waals surface area (Å²) in [6.45, 7) is 0.676. The van der Waals surface area contributed by atoms with Crippen LogP contribution in [-0.2, 0) is 0 Å². The van der Waals surface area contributed by atoms with Gasteiger partial charge in [0.2, 0.25) is 5.43 Å². The lowest BCUT2D eigenvalue weighted by Gasteiger charge is -2.17. The summed E-state index contributed by atoms with van der Waals surface area (Å²) in [7, 11) is 0. The minimum absolute atomic E-state index is 0. The van der Waals surface area contributed by atoms with E-state index in [1.165, 1.54) is 25.7 Å². The van der Waals surface area contributed by atoms with Crippen LogP contribution in [0.1, 0.15) is 25.7 Å². The van der Waals surface area contributed by atoms with Crippen molar-refractivity contribution in [2.24, 2.45) is 0 Å². The van der Waals surface area contributed by atoms with E-state index < -0.39 is 6.10 Å². The lowest BCUT2D eigenvalue weighted by atomic mass is 9.98. The second kappa shape index (κ2) is 11.5. The van der Waals surface area contributed by atoms with Gasteiger partial charge >= 0.3 is 0 Å². The first kappa shape index (κ1) is 25.0. The molecule has 4 aromatic rings. The Kier molecular flexibility index (Phi) is 8.24. The number of aliphatic hydroxyl groups is 1.